The number of carbonyl (C=O) groups excluding carboxylic acids is 2. The molecule has 1 fully saturated rings. The van der Waals surface area contributed by atoms with Gasteiger partial charge in [-0.05, 0) is 73.5 Å². The van der Waals surface area contributed by atoms with E-state index in [1.807, 2.05) is 32.0 Å². The molecule has 0 radical (unpaired) electrons. The SMILES string of the molecule is C=CCOc1cccc(C2C(=C(O)c3ccc(OCC)cc3)C(=O)C(=O)N2c2nc3ccc(C)cc3s2)c1. The highest BCUT2D eigenvalue weighted by Crippen LogP contribution is 2.45. The Morgan fingerprint density at radius 3 is 2.61 bits per heavy atom. The molecule has 7 nitrogen and oxygen atoms in total. The van der Waals surface area contributed by atoms with Crippen molar-refractivity contribution in [3.05, 3.63) is 102 Å². The van der Waals surface area contributed by atoms with E-state index in [0.717, 1.165) is 15.8 Å². The minimum atomic E-state index is -0.907. The van der Waals surface area contributed by atoms with Gasteiger partial charge in [-0.1, -0.05) is 42.2 Å². The number of anilines is 1. The lowest BCUT2D eigenvalue weighted by Gasteiger charge is -2.23. The van der Waals surface area contributed by atoms with Crippen molar-refractivity contribution in [3.8, 4) is 11.5 Å². The number of fused-ring (bicyclic) bond motifs is 1. The minimum absolute atomic E-state index is 0.0181. The van der Waals surface area contributed by atoms with Crippen LogP contribution in [0.3, 0.4) is 0 Å². The van der Waals surface area contributed by atoms with E-state index in [0.29, 0.717) is 41.0 Å². The van der Waals surface area contributed by atoms with Gasteiger partial charge in [0, 0.05) is 5.56 Å². The molecule has 0 aliphatic carbocycles. The lowest BCUT2D eigenvalue weighted by atomic mass is 9.95. The van der Waals surface area contributed by atoms with Crippen molar-refractivity contribution < 1.29 is 24.2 Å². The topological polar surface area (TPSA) is 89.0 Å². The number of thiazole rings is 1. The molecule has 38 heavy (non-hydrogen) atoms. The van der Waals surface area contributed by atoms with Crippen LogP contribution in [-0.2, 0) is 9.59 Å². The lowest BCUT2D eigenvalue weighted by Crippen LogP contribution is -2.29. The van der Waals surface area contributed by atoms with Crippen LogP contribution in [0.5, 0.6) is 11.5 Å². The number of nitrogens with zero attached hydrogens (tertiary/aromatic N) is 2. The molecule has 0 bridgehead atoms. The molecule has 1 unspecified atom stereocenters. The highest BCUT2D eigenvalue weighted by atomic mass is 32.1. The zero-order valence-corrected chi connectivity index (χ0v) is 21.8. The number of ether oxygens (including phenoxy) is 2. The monoisotopic (exact) mass is 526 g/mol. The Labute approximate surface area is 224 Å². The average Bonchev–Trinajstić information content (AvgIpc) is 3.45. The summed E-state index contributed by atoms with van der Waals surface area (Å²) in [6.07, 6.45) is 1.63. The highest BCUT2D eigenvalue weighted by Gasteiger charge is 2.48. The largest absolute Gasteiger partial charge is 0.507 e. The summed E-state index contributed by atoms with van der Waals surface area (Å²) in [5, 5.41) is 11.8. The zero-order chi connectivity index (χ0) is 26.8. The summed E-state index contributed by atoms with van der Waals surface area (Å²) < 4.78 is 12.1. The van der Waals surface area contributed by atoms with E-state index in [4.69, 9.17) is 9.47 Å². The van der Waals surface area contributed by atoms with E-state index >= 15 is 0 Å². The van der Waals surface area contributed by atoms with Crippen molar-refractivity contribution in [2.75, 3.05) is 18.1 Å². The molecule has 1 amide bonds. The van der Waals surface area contributed by atoms with Gasteiger partial charge in [0.25, 0.3) is 5.78 Å². The average molecular weight is 527 g/mol. The Balaban J connectivity index is 1.68. The van der Waals surface area contributed by atoms with Gasteiger partial charge >= 0.3 is 5.91 Å². The molecule has 2 heterocycles. The van der Waals surface area contributed by atoms with Crippen LogP contribution >= 0.6 is 11.3 Å². The Morgan fingerprint density at radius 2 is 1.87 bits per heavy atom. The number of rotatable bonds is 8. The number of aliphatic hydroxyl groups excluding tert-OH is 1. The number of aromatic nitrogens is 1. The molecule has 1 N–H and O–H groups in total. The molecule has 3 aromatic carbocycles. The Hall–Kier alpha value is -4.43. The van der Waals surface area contributed by atoms with E-state index in [-0.39, 0.29) is 11.3 Å². The van der Waals surface area contributed by atoms with Crippen molar-refractivity contribution >= 4 is 44.1 Å². The third-order valence-electron chi connectivity index (χ3n) is 6.16. The number of benzene rings is 3. The van der Waals surface area contributed by atoms with Gasteiger partial charge in [0.2, 0.25) is 0 Å². The molecule has 0 saturated carbocycles. The fourth-order valence-electron chi connectivity index (χ4n) is 4.43. The molecule has 4 aromatic rings. The predicted octanol–water partition coefficient (Wildman–Crippen LogP) is 6.19. The second kappa shape index (κ2) is 10.5. The third-order valence-corrected chi connectivity index (χ3v) is 7.18. The maximum atomic E-state index is 13.5. The molecule has 1 aromatic heterocycles. The van der Waals surface area contributed by atoms with Crippen molar-refractivity contribution in [2.24, 2.45) is 0 Å². The number of Topliss-reactive ketones (excluding diaryl/α,β-unsaturated/α-hetero) is 1. The van der Waals surface area contributed by atoms with E-state index in [1.165, 1.54) is 16.2 Å². The van der Waals surface area contributed by atoms with Gasteiger partial charge < -0.3 is 14.6 Å². The minimum Gasteiger partial charge on any atom is -0.507 e. The van der Waals surface area contributed by atoms with Gasteiger partial charge in [0.05, 0.1) is 28.4 Å². The molecule has 1 aliphatic heterocycles. The van der Waals surface area contributed by atoms with Gasteiger partial charge in [-0.3, -0.25) is 14.5 Å². The van der Waals surface area contributed by atoms with Gasteiger partial charge in [-0.25, -0.2) is 4.98 Å². The normalized spacial score (nSPS) is 16.7. The maximum absolute atomic E-state index is 13.5. The second-order valence-corrected chi connectivity index (χ2v) is 9.78. The smallest absolute Gasteiger partial charge is 0.301 e. The lowest BCUT2D eigenvalue weighted by molar-refractivity contribution is -0.132. The van der Waals surface area contributed by atoms with Gasteiger partial charge in [0.1, 0.15) is 23.9 Å². The Bertz CT molecular complexity index is 1570. The fourth-order valence-corrected chi connectivity index (χ4v) is 5.52. The molecule has 5 rings (SSSR count). The van der Waals surface area contributed by atoms with Crippen LogP contribution in [0.25, 0.3) is 16.0 Å². The molecule has 192 valence electrons. The highest BCUT2D eigenvalue weighted by molar-refractivity contribution is 7.22. The maximum Gasteiger partial charge on any atom is 0.301 e. The summed E-state index contributed by atoms with van der Waals surface area (Å²) in [7, 11) is 0. The van der Waals surface area contributed by atoms with Crippen molar-refractivity contribution in [2.45, 2.75) is 19.9 Å². The molecular weight excluding hydrogens is 500 g/mol. The number of aryl methyl sites for hydroxylation is 1. The summed E-state index contributed by atoms with van der Waals surface area (Å²) in [6.45, 7) is 8.35. The van der Waals surface area contributed by atoms with Crippen molar-refractivity contribution in [3.63, 3.8) is 0 Å². The van der Waals surface area contributed by atoms with E-state index < -0.39 is 17.7 Å². The zero-order valence-electron chi connectivity index (χ0n) is 21.0. The van der Waals surface area contributed by atoms with E-state index in [2.05, 4.69) is 11.6 Å². The number of aliphatic hydroxyl groups is 1. The quantitative estimate of drug-likeness (QED) is 0.127. The molecule has 1 saturated heterocycles. The van der Waals surface area contributed by atoms with Crippen LogP contribution < -0.4 is 14.4 Å². The Kier molecular flexibility index (Phi) is 6.98. The Morgan fingerprint density at radius 1 is 1.08 bits per heavy atom. The van der Waals surface area contributed by atoms with E-state index in [1.54, 1.807) is 54.6 Å². The molecular formula is C30H26N2O5S. The third kappa shape index (κ3) is 4.66. The van der Waals surface area contributed by atoms with Gasteiger partial charge in [0.15, 0.2) is 5.13 Å². The molecule has 0 spiro atoms. The van der Waals surface area contributed by atoms with Crippen LogP contribution in [0.2, 0.25) is 0 Å². The van der Waals surface area contributed by atoms with Gasteiger partial charge in [-0.15, -0.1) is 0 Å². The summed E-state index contributed by atoms with van der Waals surface area (Å²) >= 11 is 1.32. The number of hydrogen-bond acceptors (Lipinski definition) is 7. The standard InChI is InChI=1S/C30H26N2O5S/c1-4-15-37-22-8-6-7-20(17-22)26-25(27(33)19-10-12-21(13-11-19)36-5-2)28(34)29(35)32(26)30-31-23-14-9-18(3)16-24(23)38-30/h4,6-14,16-17,26,33H,1,5,15H2,2-3H3. The molecule has 8 heteroatoms. The first-order chi connectivity index (χ1) is 18.4. The van der Waals surface area contributed by atoms with E-state index in [9.17, 15) is 14.7 Å². The molecule has 1 aliphatic rings. The van der Waals surface area contributed by atoms with Gasteiger partial charge in [-0.2, -0.15) is 0 Å². The van der Waals surface area contributed by atoms with Crippen LogP contribution in [0, 0.1) is 6.92 Å². The van der Waals surface area contributed by atoms with Crippen molar-refractivity contribution in [1.82, 2.24) is 4.98 Å². The summed E-state index contributed by atoms with van der Waals surface area (Å²) in [5.74, 6) is -0.620. The van der Waals surface area contributed by atoms with Crippen LogP contribution in [0.15, 0.2) is 85.0 Å². The summed E-state index contributed by atoms with van der Waals surface area (Å²) in [6, 6.07) is 18.8. The predicted molar refractivity (Wildman–Crippen MR) is 149 cm³/mol. The van der Waals surface area contributed by atoms with Crippen LogP contribution in [0.1, 0.15) is 29.7 Å². The number of ketones is 1. The molecule has 1 atom stereocenters. The second-order valence-electron chi connectivity index (χ2n) is 8.77. The number of carbonyl (C=O) groups is 2. The number of hydrogen-bond donors (Lipinski definition) is 1. The summed E-state index contributed by atoms with van der Waals surface area (Å²) in [5.41, 5.74) is 2.78. The first-order valence-corrected chi connectivity index (χ1v) is 13.0. The summed E-state index contributed by atoms with van der Waals surface area (Å²) in [4.78, 5) is 33.0. The first kappa shape index (κ1) is 25.2. The number of amides is 1. The fraction of sp³-hybridized carbons (Fsp3) is 0.167. The van der Waals surface area contributed by atoms with Crippen LogP contribution in [-0.4, -0.2) is 35.0 Å². The first-order valence-electron chi connectivity index (χ1n) is 12.2. The van der Waals surface area contributed by atoms with Crippen LogP contribution in [0.4, 0.5) is 5.13 Å². The van der Waals surface area contributed by atoms with Crippen molar-refractivity contribution in [1.29, 1.82) is 0 Å².